The van der Waals surface area contributed by atoms with Crippen molar-refractivity contribution in [2.45, 2.75) is 44.5 Å². The number of aliphatic hydroxyl groups excluding tert-OH is 1. The second kappa shape index (κ2) is 5.73. The summed E-state index contributed by atoms with van der Waals surface area (Å²) in [5.41, 5.74) is 2.48. The van der Waals surface area contributed by atoms with Crippen LogP contribution >= 0.6 is 0 Å². The first-order chi connectivity index (χ1) is 9.74. The van der Waals surface area contributed by atoms with Gasteiger partial charge in [-0.15, -0.1) is 0 Å². The average molecular weight is 272 g/mol. The number of nitrogens with zero attached hydrogens (tertiary/aromatic N) is 3. The van der Waals surface area contributed by atoms with E-state index >= 15 is 0 Å². The zero-order chi connectivity index (χ0) is 13.9. The molecule has 1 aromatic heterocycles. The number of fused-ring (bicyclic) bond motifs is 1. The van der Waals surface area contributed by atoms with Crippen LogP contribution in [0, 0.1) is 0 Å². The molecule has 1 aromatic carbocycles. The number of aryl methyl sites for hydroxylation is 1. The first-order valence-corrected chi connectivity index (χ1v) is 7.08. The molecule has 5 heteroatoms. The fourth-order valence-electron chi connectivity index (χ4n) is 2.84. The Labute approximate surface area is 118 Å². The van der Waals surface area contributed by atoms with E-state index in [0.29, 0.717) is 6.04 Å². The van der Waals surface area contributed by atoms with Crippen molar-refractivity contribution in [3.05, 3.63) is 48.0 Å². The molecule has 1 aliphatic carbocycles. The Morgan fingerprint density at radius 3 is 3.10 bits per heavy atom. The first-order valence-electron chi connectivity index (χ1n) is 7.08. The summed E-state index contributed by atoms with van der Waals surface area (Å²) in [5.74, 6) is 0. The molecule has 20 heavy (non-hydrogen) atoms. The summed E-state index contributed by atoms with van der Waals surface area (Å²) in [6, 6.07) is 8.61. The number of aliphatic hydroxyl groups is 1. The van der Waals surface area contributed by atoms with Crippen LogP contribution in [-0.4, -0.2) is 32.0 Å². The van der Waals surface area contributed by atoms with Gasteiger partial charge in [0.2, 0.25) is 0 Å². The van der Waals surface area contributed by atoms with Crippen LogP contribution in [0.1, 0.15) is 30.5 Å². The molecule has 0 bridgehead atoms. The highest BCUT2D eigenvalue weighted by Gasteiger charge is 2.31. The van der Waals surface area contributed by atoms with Crippen molar-refractivity contribution in [1.29, 1.82) is 0 Å². The van der Waals surface area contributed by atoms with Crippen molar-refractivity contribution in [2.75, 3.05) is 0 Å². The molecule has 0 aliphatic heterocycles. The van der Waals surface area contributed by atoms with Gasteiger partial charge in [0, 0.05) is 19.0 Å². The maximum absolute atomic E-state index is 10.2. The van der Waals surface area contributed by atoms with Crippen molar-refractivity contribution in [3.63, 3.8) is 0 Å². The predicted molar refractivity (Wildman–Crippen MR) is 76.1 cm³/mol. The van der Waals surface area contributed by atoms with Crippen molar-refractivity contribution in [2.24, 2.45) is 0 Å². The van der Waals surface area contributed by atoms with E-state index < -0.39 is 0 Å². The number of nitrogens with one attached hydrogen (secondary N) is 1. The van der Waals surface area contributed by atoms with Crippen LogP contribution in [0.2, 0.25) is 0 Å². The lowest BCUT2D eigenvalue weighted by Crippen LogP contribution is -2.36. The van der Waals surface area contributed by atoms with E-state index in [2.05, 4.69) is 34.5 Å². The third kappa shape index (κ3) is 2.73. The molecular weight excluding hydrogens is 252 g/mol. The molecule has 0 fully saturated rings. The summed E-state index contributed by atoms with van der Waals surface area (Å²) in [6.07, 6.45) is 4.64. The summed E-state index contributed by atoms with van der Waals surface area (Å²) in [6.45, 7) is 2.98. The van der Waals surface area contributed by atoms with Crippen LogP contribution < -0.4 is 5.32 Å². The van der Waals surface area contributed by atoms with Crippen LogP contribution in [0.15, 0.2) is 36.9 Å². The Morgan fingerprint density at radius 2 is 2.30 bits per heavy atom. The fourth-order valence-corrected chi connectivity index (χ4v) is 2.84. The zero-order valence-corrected chi connectivity index (χ0v) is 11.6. The third-order valence-electron chi connectivity index (χ3n) is 3.93. The Morgan fingerprint density at radius 1 is 1.45 bits per heavy atom. The Hall–Kier alpha value is -1.72. The molecular formula is C15H20N4O. The highest BCUT2D eigenvalue weighted by Crippen LogP contribution is 2.31. The molecule has 0 saturated heterocycles. The molecule has 2 aromatic rings. The number of aromatic nitrogens is 3. The highest BCUT2D eigenvalue weighted by atomic mass is 16.3. The summed E-state index contributed by atoms with van der Waals surface area (Å²) in [4.78, 5) is 3.94. The van der Waals surface area contributed by atoms with Crippen molar-refractivity contribution < 1.29 is 5.11 Å². The fraction of sp³-hybridized carbons (Fsp3) is 0.467. The van der Waals surface area contributed by atoms with Crippen LogP contribution in [0.3, 0.4) is 0 Å². The topological polar surface area (TPSA) is 63.0 Å². The average Bonchev–Trinajstić information content (AvgIpc) is 3.06. The van der Waals surface area contributed by atoms with Gasteiger partial charge in [-0.3, -0.25) is 4.68 Å². The lowest BCUT2D eigenvalue weighted by Gasteiger charge is -2.23. The third-order valence-corrected chi connectivity index (χ3v) is 3.93. The normalized spacial score (nSPS) is 22.7. The van der Waals surface area contributed by atoms with Gasteiger partial charge in [0.05, 0.1) is 12.1 Å². The standard InChI is InChI=1S/C15H20N4O/c1-11(6-7-19-10-16-9-17-19)18-15-13-5-3-2-4-12(13)8-14(15)20/h2-5,9-11,14-15,18,20H,6-8H2,1H3/t11?,14-,15+/m0/s1. The smallest absolute Gasteiger partial charge is 0.137 e. The van der Waals surface area contributed by atoms with Gasteiger partial charge >= 0.3 is 0 Å². The van der Waals surface area contributed by atoms with Gasteiger partial charge in [0.25, 0.3) is 0 Å². The predicted octanol–water partition coefficient (Wildman–Crippen LogP) is 1.30. The summed E-state index contributed by atoms with van der Waals surface area (Å²) >= 11 is 0. The van der Waals surface area contributed by atoms with Crippen LogP contribution in [0.4, 0.5) is 0 Å². The maximum atomic E-state index is 10.2. The molecule has 2 N–H and O–H groups in total. The van der Waals surface area contributed by atoms with Crippen molar-refractivity contribution in [1.82, 2.24) is 20.1 Å². The molecule has 0 amide bonds. The largest absolute Gasteiger partial charge is 0.391 e. The molecule has 0 radical (unpaired) electrons. The van der Waals surface area contributed by atoms with E-state index in [1.165, 1.54) is 11.1 Å². The van der Waals surface area contributed by atoms with Gasteiger partial charge in [-0.1, -0.05) is 24.3 Å². The number of hydrogen-bond donors (Lipinski definition) is 2. The minimum Gasteiger partial charge on any atom is -0.391 e. The van der Waals surface area contributed by atoms with E-state index in [0.717, 1.165) is 19.4 Å². The molecule has 0 saturated carbocycles. The van der Waals surface area contributed by atoms with Gasteiger partial charge in [0.15, 0.2) is 0 Å². The Kier molecular flexibility index (Phi) is 3.80. The molecule has 5 nitrogen and oxygen atoms in total. The molecule has 3 rings (SSSR count). The molecule has 1 heterocycles. The van der Waals surface area contributed by atoms with E-state index in [-0.39, 0.29) is 12.1 Å². The second-order valence-electron chi connectivity index (χ2n) is 5.46. The monoisotopic (exact) mass is 272 g/mol. The minimum absolute atomic E-state index is 0.0388. The minimum atomic E-state index is -0.332. The van der Waals surface area contributed by atoms with E-state index in [4.69, 9.17) is 0 Å². The molecule has 106 valence electrons. The molecule has 1 unspecified atom stereocenters. The molecule has 0 spiro atoms. The summed E-state index contributed by atoms with van der Waals surface area (Å²) < 4.78 is 1.83. The van der Waals surface area contributed by atoms with Gasteiger partial charge in [-0.05, 0) is 24.5 Å². The summed E-state index contributed by atoms with van der Waals surface area (Å²) in [7, 11) is 0. The number of rotatable bonds is 5. The number of hydrogen-bond acceptors (Lipinski definition) is 4. The van der Waals surface area contributed by atoms with Crippen LogP contribution in [0.5, 0.6) is 0 Å². The number of benzene rings is 1. The van der Waals surface area contributed by atoms with E-state index in [1.54, 1.807) is 12.7 Å². The zero-order valence-electron chi connectivity index (χ0n) is 11.6. The van der Waals surface area contributed by atoms with Gasteiger partial charge in [-0.2, -0.15) is 5.10 Å². The van der Waals surface area contributed by atoms with Gasteiger partial charge < -0.3 is 10.4 Å². The highest BCUT2D eigenvalue weighted by molar-refractivity contribution is 5.36. The van der Waals surface area contributed by atoms with Crippen molar-refractivity contribution >= 4 is 0 Å². The Balaban J connectivity index is 1.60. The van der Waals surface area contributed by atoms with E-state index in [1.807, 2.05) is 16.8 Å². The quantitative estimate of drug-likeness (QED) is 0.861. The summed E-state index contributed by atoms with van der Waals surface area (Å²) in [5, 5.41) is 17.9. The lowest BCUT2D eigenvalue weighted by molar-refractivity contribution is 0.134. The van der Waals surface area contributed by atoms with Crippen molar-refractivity contribution in [3.8, 4) is 0 Å². The van der Waals surface area contributed by atoms with Gasteiger partial charge in [-0.25, -0.2) is 4.98 Å². The second-order valence-corrected chi connectivity index (χ2v) is 5.46. The van der Waals surface area contributed by atoms with Crippen LogP contribution in [-0.2, 0) is 13.0 Å². The van der Waals surface area contributed by atoms with E-state index in [9.17, 15) is 5.11 Å². The molecule has 1 aliphatic rings. The Bertz CT molecular complexity index is 555. The van der Waals surface area contributed by atoms with Gasteiger partial charge in [0.1, 0.15) is 12.7 Å². The van der Waals surface area contributed by atoms with Crippen LogP contribution in [0.25, 0.3) is 0 Å². The first kappa shape index (κ1) is 13.3. The maximum Gasteiger partial charge on any atom is 0.137 e. The molecule has 3 atom stereocenters. The lowest BCUT2D eigenvalue weighted by atomic mass is 10.1. The SMILES string of the molecule is CC(CCn1cncn1)N[C@@H]1c2ccccc2C[C@@H]1O.